The van der Waals surface area contributed by atoms with E-state index in [1.54, 1.807) is 0 Å². The molecule has 0 bridgehead atoms. The molecule has 0 saturated carbocycles. The minimum absolute atomic E-state index is 1.16. The highest BCUT2D eigenvalue weighted by Crippen LogP contribution is 2.41. The van der Waals surface area contributed by atoms with Crippen molar-refractivity contribution in [3.8, 4) is 10.4 Å². The molecule has 0 saturated heterocycles. The molecule has 3 heteroatoms. The highest BCUT2D eigenvalue weighted by molar-refractivity contribution is 14.1. The standard InChI is InChI=1S/C14H8BrIS/c15-11-7-3-1-5-9(11)14-13(16)10-6-2-4-8-12(10)17-14/h1-8H. The zero-order valence-electron chi connectivity index (χ0n) is 8.78. The summed E-state index contributed by atoms with van der Waals surface area (Å²) >= 11 is 7.93. The smallest absolute Gasteiger partial charge is 0.0500 e. The van der Waals surface area contributed by atoms with Crippen molar-refractivity contribution in [3.05, 3.63) is 56.6 Å². The molecule has 3 aromatic rings. The normalized spacial score (nSPS) is 10.9. The molecule has 0 amide bonds. The molecule has 0 atom stereocenters. The predicted octanol–water partition coefficient (Wildman–Crippen LogP) is 5.94. The van der Waals surface area contributed by atoms with Gasteiger partial charge >= 0.3 is 0 Å². The summed E-state index contributed by atoms with van der Waals surface area (Å²) in [5, 5.41) is 1.35. The predicted molar refractivity (Wildman–Crippen MR) is 87.7 cm³/mol. The number of fused-ring (bicyclic) bond motifs is 1. The molecule has 0 aliphatic heterocycles. The molecule has 0 spiro atoms. The van der Waals surface area contributed by atoms with E-state index >= 15 is 0 Å². The number of rotatable bonds is 1. The van der Waals surface area contributed by atoms with Gasteiger partial charge in [0.2, 0.25) is 0 Å². The molecule has 17 heavy (non-hydrogen) atoms. The average molecular weight is 415 g/mol. The summed E-state index contributed by atoms with van der Waals surface area (Å²) < 4.78 is 3.85. The Morgan fingerprint density at radius 1 is 0.941 bits per heavy atom. The fourth-order valence-corrected chi connectivity index (χ4v) is 4.86. The van der Waals surface area contributed by atoms with E-state index < -0.39 is 0 Å². The molecule has 0 unspecified atom stereocenters. The van der Waals surface area contributed by atoms with E-state index in [2.05, 4.69) is 81.0 Å². The Kier molecular flexibility index (Phi) is 3.23. The molecular formula is C14H8BrIS. The number of thiophene rings is 1. The second-order valence-electron chi connectivity index (χ2n) is 3.72. The van der Waals surface area contributed by atoms with Gasteiger partial charge in [-0.15, -0.1) is 11.3 Å². The van der Waals surface area contributed by atoms with E-state index in [1.165, 1.54) is 24.1 Å². The summed E-state index contributed by atoms with van der Waals surface area (Å²) in [4.78, 5) is 1.35. The molecule has 1 heterocycles. The van der Waals surface area contributed by atoms with E-state index in [0.29, 0.717) is 0 Å². The molecule has 2 aromatic carbocycles. The quantitative estimate of drug-likeness (QED) is 0.432. The van der Waals surface area contributed by atoms with Gasteiger partial charge < -0.3 is 0 Å². The largest absolute Gasteiger partial charge is 0.134 e. The fraction of sp³-hybridized carbons (Fsp3) is 0. The molecule has 0 aliphatic carbocycles. The van der Waals surface area contributed by atoms with Gasteiger partial charge in [-0.05, 0) is 34.7 Å². The van der Waals surface area contributed by atoms with E-state index in [-0.39, 0.29) is 0 Å². The Morgan fingerprint density at radius 3 is 2.41 bits per heavy atom. The van der Waals surface area contributed by atoms with Gasteiger partial charge in [0.25, 0.3) is 0 Å². The third kappa shape index (κ3) is 2.04. The number of benzene rings is 2. The highest BCUT2D eigenvalue weighted by atomic mass is 127. The molecule has 84 valence electrons. The van der Waals surface area contributed by atoms with Crippen molar-refractivity contribution in [2.75, 3.05) is 0 Å². The van der Waals surface area contributed by atoms with Crippen LogP contribution in [0.3, 0.4) is 0 Å². The summed E-state index contributed by atoms with van der Waals surface area (Å²) in [5.41, 5.74) is 1.28. The van der Waals surface area contributed by atoms with E-state index in [4.69, 9.17) is 0 Å². The van der Waals surface area contributed by atoms with Crippen LogP contribution in [-0.2, 0) is 0 Å². The van der Waals surface area contributed by atoms with Gasteiger partial charge in [-0.25, -0.2) is 0 Å². The second kappa shape index (κ2) is 4.71. The van der Waals surface area contributed by atoms with Crippen molar-refractivity contribution in [1.82, 2.24) is 0 Å². The number of halogens is 2. The van der Waals surface area contributed by atoms with Gasteiger partial charge in [0.1, 0.15) is 0 Å². The maximum absolute atomic E-state index is 3.63. The van der Waals surface area contributed by atoms with Crippen LogP contribution in [0.5, 0.6) is 0 Å². The minimum atomic E-state index is 1.16. The molecule has 0 radical (unpaired) electrons. The van der Waals surface area contributed by atoms with Gasteiger partial charge in [0.15, 0.2) is 0 Å². The molecule has 0 N–H and O–H groups in total. The fourth-order valence-electron chi connectivity index (χ4n) is 1.83. The second-order valence-corrected chi connectivity index (χ2v) is 6.71. The number of hydrogen-bond acceptors (Lipinski definition) is 1. The Morgan fingerprint density at radius 2 is 1.65 bits per heavy atom. The van der Waals surface area contributed by atoms with Crippen molar-refractivity contribution in [2.45, 2.75) is 0 Å². The van der Waals surface area contributed by atoms with Crippen LogP contribution in [0.25, 0.3) is 20.5 Å². The van der Waals surface area contributed by atoms with Gasteiger partial charge in [-0.3, -0.25) is 0 Å². The van der Waals surface area contributed by atoms with Crippen LogP contribution in [-0.4, -0.2) is 0 Å². The Hall–Kier alpha value is -0.390. The van der Waals surface area contributed by atoms with E-state index in [1.807, 2.05) is 17.4 Å². The lowest BCUT2D eigenvalue weighted by atomic mass is 10.1. The van der Waals surface area contributed by atoms with Gasteiger partial charge in [0, 0.05) is 28.6 Å². The average Bonchev–Trinajstić information content (AvgIpc) is 2.68. The summed E-state index contributed by atoms with van der Waals surface area (Å²) in [7, 11) is 0. The zero-order chi connectivity index (χ0) is 11.8. The first-order valence-electron chi connectivity index (χ1n) is 5.19. The molecule has 0 aliphatic rings. The van der Waals surface area contributed by atoms with Crippen molar-refractivity contribution in [2.24, 2.45) is 0 Å². The van der Waals surface area contributed by atoms with Gasteiger partial charge in [-0.2, -0.15) is 0 Å². The first-order chi connectivity index (χ1) is 8.27. The molecule has 0 fully saturated rings. The van der Waals surface area contributed by atoms with Crippen LogP contribution < -0.4 is 0 Å². The van der Waals surface area contributed by atoms with Crippen LogP contribution in [0.1, 0.15) is 0 Å². The lowest BCUT2D eigenvalue weighted by Gasteiger charge is -2.01. The lowest BCUT2D eigenvalue weighted by molar-refractivity contribution is 1.64. The van der Waals surface area contributed by atoms with Crippen molar-refractivity contribution in [1.29, 1.82) is 0 Å². The monoisotopic (exact) mass is 414 g/mol. The molecule has 3 rings (SSSR count). The highest BCUT2D eigenvalue weighted by Gasteiger charge is 2.12. The van der Waals surface area contributed by atoms with Crippen LogP contribution in [0.4, 0.5) is 0 Å². The molecular weight excluding hydrogens is 407 g/mol. The van der Waals surface area contributed by atoms with E-state index in [0.717, 1.165) is 4.47 Å². The zero-order valence-corrected chi connectivity index (χ0v) is 13.3. The maximum Gasteiger partial charge on any atom is 0.0500 e. The Bertz CT molecular complexity index is 688. The third-order valence-corrected chi connectivity index (χ3v) is 6.04. The van der Waals surface area contributed by atoms with Crippen LogP contribution in [0.2, 0.25) is 0 Å². The van der Waals surface area contributed by atoms with Crippen LogP contribution in [0, 0.1) is 3.57 Å². The van der Waals surface area contributed by atoms with E-state index in [9.17, 15) is 0 Å². The van der Waals surface area contributed by atoms with Gasteiger partial charge in [0.05, 0.1) is 0 Å². The van der Waals surface area contributed by atoms with Crippen LogP contribution >= 0.6 is 49.9 Å². The SMILES string of the molecule is Brc1ccccc1-c1sc2ccccc2c1I. The Labute approximate surface area is 126 Å². The Balaban J connectivity index is 2.32. The number of hydrogen-bond donors (Lipinski definition) is 0. The van der Waals surface area contributed by atoms with Crippen LogP contribution in [0.15, 0.2) is 53.0 Å². The summed E-state index contributed by atoms with van der Waals surface area (Å²) in [6, 6.07) is 17.0. The molecule has 0 nitrogen and oxygen atoms in total. The third-order valence-electron chi connectivity index (χ3n) is 2.65. The van der Waals surface area contributed by atoms with Crippen molar-refractivity contribution < 1.29 is 0 Å². The van der Waals surface area contributed by atoms with Crippen molar-refractivity contribution in [3.63, 3.8) is 0 Å². The summed E-state index contributed by atoms with van der Waals surface area (Å²) in [5.74, 6) is 0. The topological polar surface area (TPSA) is 0 Å². The van der Waals surface area contributed by atoms with Crippen molar-refractivity contribution >= 4 is 59.9 Å². The maximum atomic E-state index is 3.63. The lowest BCUT2D eigenvalue weighted by Crippen LogP contribution is -1.77. The first kappa shape index (κ1) is 11.7. The molecule has 1 aromatic heterocycles. The first-order valence-corrected chi connectivity index (χ1v) is 7.88. The van der Waals surface area contributed by atoms with Gasteiger partial charge in [-0.1, -0.05) is 52.3 Å². The summed E-state index contributed by atoms with van der Waals surface area (Å²) in [6.07, 6.45) is 0. The minimum Gasteiger partial charge on any atom is -0.134 e. The summed E-state index contributed by atoms with van der Waals surface area (Å²) in [6.45, 7) is 0.